The minimum Gasteiger partial charge on any atom is -0.487 e. The van der Waals surface area contributed by atoms with E-state index in [0.29, 0.717) is 11.8 Å². The van der Waals surface area contributed by atoms with Crippen LogP contribution in [0.2, 0.25) is 0 Å². The summed E-state index contributed by atoms with van der Waals surface area (Å²) in [7, 11) is 5.43. The number of rotatable bonds is 4. The number of nitrogens with zero attached hydrogens (tertiary/aromatic N) is 2. The fraction of sp³-hybridized carbons (Fsp3) is 0.500. The molecule has 0 saturated heterocycles. The van der Waals surface area contributed by atoms with Gasteiger partial charge in [0.15, 0.2) is 5.75 Å². The molecule has 1 aliphatic rings. The highest BCUT2D eigenvalue weighted by atomic mass is 16.5. The van der Waals surface area contributed by atoms with Gasteiger partial charge in [-0.1, -0.05) is 0 Å². The van der Waals surface area contributed by atoms with E-state index in [2.05, 4.69) is 10.3 Å². The summed E-state index contributed by atoms with van der Waals surface area (Å²) < 4.78 is 5.75. The first-order valence-electron chi connectivity index (χ1n) is 5.68. The number of aromatic nitrogens is 1. The molecule has 17 heavy (non-hydrogen) atoms. The van der Waals surface area contributed by atoms with Crippen LogP contribution in [-0.2, 0) is 0 Å². The Bertz CT molecular complexity index is 428. The van der Waals surface area contributed by atoms with Crippen molar-refractivity contribution in [2.24, 2.45) is 0 Å². The third-order valence-electron chi connectivity index (χ3n) is 2.61. The van der Waals surface area contributed by atoms with Crippen LogP contribution in [0.3, 0.4) is 0 Å². The van der Waals surface area contributed by atoms with E-state index in [1.54, 1.807) is 19.3 Å². The number of hydrogen-bond donors (Lipinski definition) is 1. The topological polar surface area (TPSA) is 54.5 Å². The summed E-state index contributed by atoms with van der Waals surface area (Å²) in [6, 6.07) is 1.75. The third kappa shape index (κ3) is 2.67. The van der Waals surface area contributed by atoms with Crippen molar-refractivity contribution < 1.29 is 9.53 Å². The molecule has 0 atom stereocenters. The largest absolute Gasteiger partial charge is 0.487 e. The number of hydrogen-bond acceptors (Lipinski definition) is 4. The zero-order valence-corrected chi connectivity index (χ0v) is 10.4. The van der Waals surface area contributed by atoms with Gasteiger partial charge in [-0.05, 0) is 18.9 Å². The van der Waals surface area contributed by atoms with Crippen molar-refractivity contribution >= 4 is 11.6 Å². The SMILES string of the molecule is CNC(=O)c1cc(N(C)C)c(OC2CC2)cn1. The second kappa shape index (κ2) is 4.61. The van der Waals surface area contributed by atoms with Gasteiger partial charge in [0.25, 0.3) is 5.91 Å². The second-order valence-electron chi connectivity index (χ2n) is 4.33. The Morgan fingerprint density at radius 1 is 1.53 bits per heavy atom. The van der Waals surface area contributed by atoms with Crippen LogP contribution in [0.15, 0.2) is 12.3 Å². The molecule has 0 radical (unpaired) electrons. The zero-order chi connectivity index (χ0) is 12.4. The van der Waals surface area contributed by atoms with Crippen LogP contribution >= 0.6 is 0 Å². The zero-order valence-electron chi connectivity index (χ0n) is 10.4. The van der Waals surface area contributed by atoms with E-state index in [9.17, 15) is 4.79 Å². The van der Waals surface area contributed by atoms with E-state index < -0.39 is 0 Å². The van der Waals surface area contributed by atoms with Gasteiger partial charge in [-0.15, -0.1) is 0 Å². The maximum absolute atomic E-state index is 11.5. The molecule has 5 heteroatoms. The first kappa shape index (κ1) is 11.7. The fourth-order valence-corrected chi connectivity index (χ4v) is 1.49. The summed E-state index contributed by atoms with van der Waals surface area (Å²) in [4.78, 5) is 17.5. The Morgan fingerprint density at radius 2 is 2.24 bits per heavy atom. The predicted molar refractivity (Wildman–Crippen MR) is 65.6 cm³/mol. The summed E-state index contributed by atoms with van der Waals surface area (Å²) in [6.07, 6.45) is 4.15. The lowest BCUT2D eigenvalue weighted by molar-refractivity contribution is 0.0958. The lowest BCUT2D eigenvalue weighted by Crippen LogP contribution is -2.20. The number of amides is 1. The molecule has 0 bridgehead atoms. The Balaban J connectivity index is 2.29. The maximum Gasteiger partial charge on any atom is 0.269 e. The van der Waals surface area contributed by atoms with Gasteiger partial charge in [0.2, 0.25) is 0 Å². The van der Waals surface area contributed by atoms with E-state index in [-0.39, 0.29) is 5.91 Å². The monoisotopic (exact) mass is 235 g/mol. The molecule has 1 fully saturated rings. The van der Waals surface area contributed by atoms with E-state index in [4.69, 9.17) is 4.74 Å². The Hall–Kier alpha value is -1.78. The van der Waals surface area contributed by atoms with E-state index in [1.165, 1.54) is 0 Å². The molecule has 1 saturated carbocycles. The van der Waals surface area contributed by atoms with Crippen molar-refractivity contribution in [2.75, 3.05) is 26.0 Å². The molecule has 0 unspecified atom stereocenters. The van der Waals surface area contributed by atoms with E-state index >= 15 is 0 Å². The molecule has 0 spiro atoms. The summed E-state index contributed by atoms with van der Waals surface area (Å²) in [5.41, 5.74) is 1.28. The van der Waals surface area contributed by atoms with Gasteiger partial charge in [0, 0.05) is 21.1 Å². The minimum atomic E-state index is -0.189. The molecule has 0 aromatic carbocycles. The molecule has 92 valence electrons. The van der Waals surface area contributed by atoms with Crippen molar-refractivity contribution in [1.29, 1.82) is 0 Å². The average molecular weight is 235 g/mol. The van der Waals surface area contributed by atoms with Gasteiger partial charge in [0.1, 0.15) is 5.69 Å². The molecule has 0 aliphatic heterocycles. The van der Waals surface area contributed by atoms with Crippen molar-refractivity contribution in [3.63, 3.8) is 0 Å². The molecule has 1 aromatic heterocycles. The highest BCUT2D eigenvalue weighted by molar-refractivity contribution is 5.93. The number of carbonyl (C=O) groups is 1. The van der Waals surface area contributed by atoms with Crippen LogP contribution in [0.25, 0.3) is 0 Å². The van der Waals surface area contributed by atoms with Gasteiger partial charge < -0.3 is 15.0 Å². The second-order valence-corrected chi connectivity index (χ2v) is 4.33. The van der Waals surface area contributed by atoms with Crippen LogP contribution in [0, 0.1) is 0 Å². The summed E-state index contributed by atoms with van der Waals surface area (Å²) in [6.45, 7) is 0. The molecule has 1 aliphatic carbocycles. The summed E-state index contributed by atoms with van der Waals surface area (Å²) in [5.74, 6) is 0.552. The van der Waals surface area contributed by atoms with Crippen LogP contribution in [-0.4, -0.2) is 38.1 Å². The van der Waals surface area contributed by atoms with Gasteiger partial charge in [-0.25, -0.2) is 4.98 Å². The van der Waals surface area contributed by atoms with Gasteiger partial charge in [-0.2, -0.15) is 0 Å². The Labute approximate surface area is 101 Å². The van der Waals surface area contributed by atoms with Crippen LogP contribution in [0.1, 0.15) is 23.3 Å². The Morgan fingerprint density at radius 3 is 2.76 bits per heavy atom. The molecule has 1 heterocycles. The molecule has 2 rings (SSSR count). The third-order valence-corrected chi connectivity index (χ3v) is 2.61. The molecule has 1 amide bonds. The minimum absolute atomic E-state index is 0.189. The lowest BCUT2D eigenvalue weighted by Gasteiger charge is -2.18. The van der Waals surface area contributed by atoms with E-state index in [0.717, 1.165) is 24.3 Å². The molecule has 1 N–H and O–H groups in total. The van der Waals surface area contributed by atoms with Crippen LogP contribution in [0.5, 0.6) is 5.75 Å². The van der Waals surface area contributed by atoms with Crippen molar-refractivity contribution in [2.45, 2.75) is 18.9 Å². The standard InChI is InChI=1S/C12H17N3O2/c1-13-12(16)9-6-10(15(2)3)11(7-14-9)17-8-4-5-8/h6-8H,4-5H2,1-3H3,(H,13,16). The Kier molecular flexibility index (Phi) is 3.17. The molecular formula is C12H17N3O2. The number of anilines is 1. The van der Waals surface area contributed by atoms with Gasteiger partial charge >= 0.3 is 0 Å². The summed E-state index contributed by atoms with van der Waals surface area (Å²) >= 11 is 0. The average Bonchev–Trinajstić information content (AvgIpc) is 3.12. The fourth-order valence-electron chi connectivity index (χ4n) is 1.49. The summed E-state index contributed by atoms with van der Waals surface area (Å²) in [5, 5.41) is 2.56. The highest BCUT2D eigenvalue weighted by Crippen LogP contribution is 2.33. The number of pyridine rings is 1. The van der Waals surface area contributed by atoms with Crippen LogP contribution in [0.4, 0.5) is 5.69 Å². The van der Waals surface area contributed by atoms with Gasteiger partial charge in [-0.3, -0.25) is 4.79 Å². The van der Waals surface area contributed by atoms with Gasteiger partial charge in [0.05, 0.1) is 18.0 Å². The van der Waals surface area contributed by atoms with E-state index in [1.807, 2.05) is 19.0 Å². The first-order chi connectivity index (χ1) is 8.11. The van der Waals surface area contributed by atoms with Crippen molar-refractivity contribution in [3.8, 4) is 5.75 Å². The number of nitrogens with one attached hydrogen (secondary N) is 1. The molecular weight excluding hydrogens is 218 g/mol. The van der Waals surface area contributed by atoms with Crippen LogP contribution < -0.4 is 15.0 Å². The highest BCUT2D eigenvalue weighted by Gasteiger charge is 2.25. The molecule has 5 nitrogen and oxygen atoms in total. The number of ether oxygens (including phenoxy) is 1. The molecule has 1 aromatic rings. The normalized spacial score (nSPS) is 14.3. The lowest BCUT2D eigenvalue weighted by atomic mass is 10.2. The van der Waals surface area contributed by atoms with Crippen molar-refractivity contribution in [1.82, 2.24) is 10.3 Å². The predicted octanol–water partition coefficient (Wildman–Crippen LogP) is 1.05. The number of carbonyl (C=O) groups excluding carboxylic acids is 1. The smallest absolute Gasteiger partial charge is 0.269 e. The quantitative estimate of drug-likeness (QED) is 0.847. The first-order valence-corrected chi connectivity index (χ1v) is 5.68. The maximum atomic E-state index is 11.5. The van der Waals surface area contributed by atoms with Crippen molar-refractivity contribution in [3.05, 3.63) is 18.0 Å².